The summed E-state index contributed by atoms with van der Waals surface area (Å²) >= 11 is 0. The summed E-state index contributed by atoms with van der Waals surface area (Å²) in [6, 6.07) is 0. The van der Waals surface area contributed by atoms with Gasteiger partial charge in [-0.15, -0.1) is 0 Å². The first-order chi connectivity index (χ1) is 10.1. The largest absolute Gasteiger partial charge is 0.409 e. The van der Waals surface area contributed by atoms with Gasteiger partial charge >= 0.3 is 0 Å². The van der Waals surface area contributed by atoms with Gasteiger partial charge in [0.2, 0.25) is 5.91 Å². The minimum atomic E-state index is -0.646. The summed E-state index contributed by atoms with van der Waals surface area (Å²) in [4.78, 5) is 12.9. The van der Waals surface area contributed by atoms with Gasteiger partial charge in [-0.1, -0.05) is 50.6 Å². The molecular weight excluding hydrogens is 266 g/mol. The lowest BCUT2D eigenvalue weighted by molar-refractivity contribution is -0.132. The second kappa shape index (κ2) is 6.67. The van der Waals surface area contributed by atoms with E-state index in [4.69, 9.17) is 10.9 Å². The van der Waals surface area contributed by atoms with Gasteiger partial charge in [-0.05, 0) is 32.1 Å². The molecule has 4 N–H and O–H groups in total. The smallest absolute Gasteiger partial charge is 0.227 e. The highest BCUT2D eigenvalue weighted by atomic mass is 16.4. The molecule has 1 amide bonds. The molecule has 0 spiro atoms. The van der Waals surface area contributed by atoms with Crippen LogP contribution in [-0.2, 0) is 4.79 Å². The number of carbonyl (C=O) groups is 1. The van der Waals surface area contributed by atoms with Gasteiger partial charge in [-0.2, -0.15) is 0 Å². The van der Waals surface area contributed by atoms with Crippen molar-refractivity contribution in [2.24, 2.45) is 16.3 Å². The van der Waals surface area contributed by atoms with Crippen LogP contribution in [0.2, 0.25) is 0 Å². The van der Waals surface area contributed by atoms with E-state index in [1.807, 2.05) is 0 Å². The number of rotatable bonds is 4. The Balaban J connectivity index is 2.20. The number of hydrogen-bond donors (Lipinski definition) is 3. The first kappa shape index (κ1) is 16.1. The average Bonchev–Trinajstić information content (AvgIpc) is 2.88. The Kier molecular flexibility index (Phi) is 5.12. The number of oxime groups is 1. The number of hydrogen-bond acceptors (Lipinski definition) is 3. The molecular formula is C16H29N3O2. The molecule has 0 bridgehead atoms. The van der Waals surface area contributed by atoms with Crippen molar-refractivity contribution in [3.8, 4) is 0 Å². The maximum atomic E-state index is 12.9. The molecule has 2 aliphatic carbocycles. The third-order valence-electron chi connectivity index (χ3n) is 5.63. The monoisotopic (exact) mass is 295 g/mol. The van der Waals surface area contributed by atoms with Crippen LogP contribution in [0.25, 0.3) is 0 Å². The lowest BCUT2D eigenvalue weighted by atomic mass is 9.80. The molecule has 5 heteroatoms. The molecule has 0 atom stereocenters. The Labute approximate surface area is 127 Å². The van der Waals surface area contributed by atoms with E-state index in [1.165, 1.54) is 0 Å². The zero-order valence-corrected chi connectivity index (χ0v) is 13.2. The summed E-state index contributed by atoms with van der Waals surface area (Å²) in [5.74, 6) is 0.276. The molecule has 2 aliphatic rings. The Hall–Kier alpha value is -1.26. The van der Waals surface area contributed by atoms with Crippen LogP contribution in [0.3, 0.4) is 0 Å². The van der Waals surface area contributed by atoms with E-state index in [9.17, 15) is 4.79 Å². The van der Waals surface area contributed by atoms with Crippen molar-refractivity contribution in [1.82, 2.24) is 5.32 Å². The van der Waals surface area contributed by atoms with Crippen molar-refractivity contribution in [1.29, 1.82) is 0 Å². The van der Waals surface area contributed by atoms with E-state index in [1.54, 1.807) is 0 Å². The van der Waals surface area contributed by atoms with Crippen molar-refractivity contribution in [2.75, 3.05) is 0 Å². The number of nitrogens with zero attached hydrogens (tertiary/aromatic N) is 1. The predicted octanol–water partition coefficient (Wildman–Crippen LogP) is 2.91. The Morgan fingerprint density at radius 1 is 1.10 bits per heavy atom. The molecule has 21 heavy (non-hydrogen) atoms. The highest BCUT2D eigenvalue weighted by molar-refractivity contribution is 5.95. The molecule has 2 rings (SSSR count). The van der Waals surface area contributed by atoms with Crippen LogP contribution in [0.15, 0.2) is 5.16 Å². The van der Waals surface area contributed by atoms with Gasteiger partial charge in [-0.25, -0.2) is 0 Å². The normalized spacial score (nSPS) is 25.3. The van der Waals surface area contributed by atoms with Gasteiger partial charge in [-0.3, -0.25) is 4.79 Å². The molecule has 0 aromatic carbocycles. The molecule has 0 radical (unpaired) electrons. The summed E-state index contributed by atoms with van der Waals surface area (Å²) in [5, 5.41) is 15.6. The second-order valence-corrected chi connectivity index (χ2v) is 6.78. The minimum Gasteiger partial charge on any atom is -0.409 e. The quantitative estimate of drug-likeness (QED) is 0.245. The molecule has 2 fully saturated rings. The zero-order chi connectivity index (χ0) is 15.3. The van der Waals surface area contributed by atoms with Crippen molar-refractivity contribution in [2.45, 2.75) is 83.1 Å². The van der Waals surface area contributed by atoms with Crippen LogP contribution in [0.1, 0.15) is 77.6 Å². The van der Waals surface area contributed by atoms with Gasteiger partial charge in [0.05, 0.1) is 0 Å². The van der Waals surface area contributed by atoms with Crippen LogP contribution >= 0.6 is 0 Å². The summed E-state index contributed by atoms with van der Waals surface area (Å²) in [6.45, 7) is 2.09. The highest BCUT2D eigenvalue weighted by Crippen LogP contribution is 2.42. The van der Waals surface area contributed by atoms with Gasteiger partial charge < -0.3 is 16.3 Å². The molecule has 0 aromatic rings. The molecule has 0 unspecified atom stereocenters. The molecule has 120 valence electrons. The number of amides is 1. The van der Waals surface area contributed by atoms with Crippen LogP contribution in [0.5, 0.6) is 0 Å². The Morgan fingerprint density at radius 3 is 2.10 bits per heavy atom. The average molecular weight is 295 g/mol. The van der Waals surface area contributed by atoms with Gasteiger partial charge in [0, 0.05) is 5.41 Å². The summed E-state index contributed by atoms with van der Waals surface area (Å²) in [7, 11) is 0. The minimum absolute atomic E-state index is 0.107. The van der Waals surface area contributed by atoms with E-state index in [0.29, 0.717) is 0 Å². The maximum absolute atomic E-state index is 12.9. The van der Waals surface area contributed by atoms with E-state index in [2.05, 4.69) is 17.4 Å². The predicted molar refractivity (Wildman–Crippen MR) is 83.2 cm³/mol. The first-order valence-electron chi connectivity index (χ1n) is 8.39. The number of nitrogens with one attached hydrogen (secondary N) is 1. The van der Waals surface area contributed by atoms with E-state index in [0.717, 1.165) is 70.6 Å². The lowest BCUT2D eigenvalue weighted by Crippen LogP contribution is -2.60. The molecule has 0 aliphatic heterocycles. The fourth-order valence-corrected chi connectivity index (χ4v) is 4.02. The summed E-state index contributed by atoms with van der Waals surface area (Å²) in [5.41, 5.74) is 5.08. The number of carbonyl (C=O) groups excluding carboxylic acids is 1. The summed E-state index contributed by atoms with van der Waals surface area (Å²) < 4.78 is 0. The van der Waals surface area contributed by atoms with Gasteiger partial charge in [0.1, 0.15) is 5.54 Å². The van der Waals surface area contributed by atoms with Gasteiger partial charge in [0.15, 0.2) is 5.84 Å². The lowest BCUT2D eigenvalue weighted by Gasteiger charge is -2.37. The van der Waals surface area contributed by atoms with Crippen molar-refractivity contribution in [3.05, 3.63) is 0 Å². The highest BCUT2D eigenvalue weighted by Gasteiger charge is 2.45. The van der Waals surface area contributed by atoms with Crippen LogP contribution in [0, 0.1) is 5.41 Å². The van der Waals surface area contributed by atoms with Gasteiger partial charge in [0.25, 0.3) is 0 Å². The third-order valence-corrected chi connectivity index (χ3v) is 5.63. The first-order valence-corrected chi connectivity index (χ1v) is 8.39. The van der Waals surface area contributed by atoms with Crippen molar-refractivity contribution < 1.29 is 10.0 Å². The Morgan fingerprint density at radius 2 is 1.62 bits per heavy atom. The standard InChI is InChI=1S/C16H29N3O2/c1-2-15(9-7-8-10-15)14(20)18-16(13(17)19-21)11-5-3-4-6-12-16/h21H,2-12H2,1H3,(H2,17,19)(H,18,20). The van der Waals surface area contributed by atoms with E-state index >= 15 is 0 Å². The van der Waals surface area contributed by atoms with Crippen molar-refractivity contribution >= 4 is 11.7 Å². The van der Waals surface area contributed by atoms with Crippen LogP contribution in [-0.4, -0.2) is 22.5 Å². The molecule has 2 saturated carbocycles. The molecule has 0 heterocycles. The SMILES string of the molecule is CCC1(C(=O)NC2(C(N)=NO)CCCCCC2)CCCC1. The second-order valence-electron chi connectivity index (χ2n) is 6.78. The zero-order valence-electron chi connectivity index (χ0n) is 13.2. The number of amidine groups is 1. The Bertz CT molecular complexity index is 392. The fraction of sp³-hybridized carbons (Fsp3) is 0.875. The molecule has 0 aromatic heterocycles. The van der Waals surface area contributed by atoms with E-state index in [-0.39, 0.29) is 17.2 Å². The number of nitrogens with two attached hydrogens (primary N) is 1. The van der Waals surface area contributed by atoms with E-state index < -0.39 is 5.54 Å². The molecule has 0 saturated heterocycles. The topological polar surface area (TPSA) is 87.7 Å². The summed E-state index contributed by atoms with van der Waals surface area (Å²) in [6.07, 6.45) is 10.9. The van der Waals surface area contributed by atoms with Crippen molar-refractivity contribution in [3.63, 3.8) is 0 Å². The maximum Gasteiger partial charge on any atom is 0.227 e. The van der Waals surface area contributed by atoms with Crippen LogP contribution < -0.4 is 11.1 Å². The fourth-order valence-electron chi connectivity index (χ4n) is 4.02. The molecule has 5 nitrogen and oxygen atoms in total. The van der Waals surface area contributed by atoms with Crippen LogP contribution in [0.4, 0.5) is 0 Å². The third kappa shape index (κ3) is 3.16.